The van der Waals surface area contributed by atoms with Gasteiger partial charge in [0.05, 0.1) is 6.61 Å². The van der Waals surface area contributed by atoms with E-state index in [0.29, 0.717) is 12.0 Å². The summed E-state index contributed by atoms with van der Waals surface area (Å²) >= 11 is 0. The first kappa shape index (κ1) is 8.81. The van der Waals surface area contributed by atoms with Crippen molar-refractivity contribution in [3.05, 3.63) is 40.7 Å². The molecular formula is C11H11NO2. The van der Waals surface area contributed by atoms with Crippen molar-refractivity contribution in [1.82, 2.24) is 4.98 Å². The molecule has 1 heterocycles. The number of benzene rings is 1. The monoisotopic (exact) mass is 189 g/mol. The van der Waals surface area contributed by atoms with Crippen molar-refractivity contribution in [3.63, 3.8) is 0 Å². The summed E-state index contributed by atoms with van der Waals surface area (Å²) in [4.78, 5) is 14.5. The van der Waals surface area contributed by atoms with Crippen LogP contribution in [0.15, 0.2) is 35.3 Å². The SMILES string of the molecule is CCOc1ccc2[nH]ccc(=O)c2c1. The molecular weight excluding hydrogens is 178 g/mol. The number of hydrogen-bond acceptors (Lipinski definition) is 2. The molecule has 72 valence electrons. The predicted molar refractivity (Wildman–Crippen MR) is 55.7 cm³/mol. The Morgan fingerprint density at radius 2 is 2.21 bits per heavy atom. The van der Waals surface area contributed by atoms with Gasteiger partial charge >= 0.3 is 0 Å². The van der Waals surface area contributed by atoms with E-state index in [9.17, 15) is 4.79 Å². The topological polar surface area (TPSA) is 42.1 Å². The van der Waals surface area contributed by atoms with Crippen molar-refractivity contribution >= 4 is 10.9 Å². The van der Waals surface area contributed by atoms with Gasteiger partial charge in [0.2, 0.25) is 0 Å². The third-order valence-corrected chi connectivity index (χ3v) is 2.04. The van der Waals surface area contributed by atoms with E-state index in [1.54, 1.807) is 12.3 Å². The number of hydrogen-bond donors (Lipinski definition) is 1. The van der Waals surface area contributed by atoms with Gasteiger partial charge in [-0.05, 0) is 25.1 Å². The summed E-state index contributed by atoms with van der Waals surface area (Å²) in [6.45, 7) is 2.52. The molecule has 0 spiro atoms. The van der Waals surface area contributed by atoms with E-state index in [2.05, 4.69) is 4.98 Å². The first-order valence-corrected chi connectivity index (χ1v) is 4.55. The normalized spacial score (nSPS) is 10.4. The number of nitrogens with one attached hydrogen (secondary N) is 1. The second-order valence-electron chi connectivity index (χ2n) is 2.98. The summed E-state index contributed by atoms with van der Waals surface area (Å²) in [6.07, 6.45) is 1.64. The van der Waals surface area contributed by atoms with Crippen LogP contribution in [-0.2, 0) is 0 Å². The van der Waals surface area contributed by atoms with Gasteiger partial charge in [0.1, 0.15) is 5.75 Å². The lowest BCUT2D eigenvalue weighted by atomic mass is 10.2. The minimum Gasteiger partial charge on any atom is -0.494 e. The number of pyridine rings is 1. The lowest BCUT2D eigenvalue weighted by molar-refractivity contribution is 0.340. The van der Waals surface area contributed by atoms with E-state index in [0.717, 1.165) is 11.3 Å². The fourth-order valence-electron chi connectivity index (χ4n) is 1.41. The fraction of sp³-hybridized carbons (Fsp3) is 0.182. The molecule has 0 bridgehead atoms. The van der Waals surface area contributed by atoms with Gasteiger partial charge in [-0.2, -0.15) is 0 Å². The highest BCUT2D eigenvalue weighted by molar-refractivity contribution is 5.79. The number of rotatable bonds is 2. The van der Waals surface area contributed by atoms with Crippen molar-refractivity contribution < 1.29 is 4.74 Å². The summed E-state index contributed by atoms with van der Waals surface area (Å²) < 4.78 is 5.32. The van der Waals surface area contributed by atoms with Crippen LogP contribution in [0.4, 0.5) is 0 Å². The van der Waals surface area contributed by atoms with Crippen LogP contribution in [0.3, 0.4) is 0 Å². The quantitative estimate of drug-likeness (QED) is 0.784. The molecule has 0 saturated carbocycles. The van der Waals surface area contributed by atoms with Gasteiger partial charge in [0.15, 0.2) is 5.43 Å². The van der Waals surface area contributed by atoms with Crippen molar-refractivity contribution in [2.75, 3.05) is 6.61 Å². The average molecular weight is 189 g/mol. The van der Waals surface area contributed by atoms with Crippen LogP contribution >= 0.6 is 0 Å². The van der Waals surface area contributed by atoms with Gasteiger partial charge in [-0.1, -0.05) is 0 Å². The first-order chi connectivity index (χ1) is 6.81. The molecule has 0 fully saturated rings. The zero-order valence-electron chi connectivity index (χ0n) is 7.91. The molecule has 3 heteroatoms. The highest BCUT2D eigenvalue weighted by atomic mass is 16.5. The minimum atomic E-state index is 0.0142. The molecule has 0 aliphatic rings. The summed E-state index contributed by atoms with van der Waals surface area (Å²) in [6, 6.07) is 6.97. The summed E-state index contributed by atoms with van der Waals surface area (Å²) in [5.74, 6) is 0.733. The average Bonchev–Trinajstić information content (AvgIpc) is 2.20. The smallest absolute Gasteiger partial charge is 0.189 e. The van der Waals surface area contributed by atoms with Gasteiger partial charge in [-0.3, -0.25) is 4.79 Å². The molecule has 0 unspecified atom stereocenters. The zero-order chi connectivity index (χ0) is 9.97. The van der Waals surface area contributed by atoms with Crippen LogP contribution in [-0.4, -0.2) is 11.6 Å². The minimum absolute atomic E-state index is 0.0142. The molecule has 0 aliphatic carbocycles. The third-order valence-electron chi connectivity index (χ3n) is 2.04. The predicted octanol–water partition coefficient (Wildman–Crippen LogP) is 1.93. The van der Waals surface area contributed by atoms with E-state index in [-0.39, 0.29) is 5.43 Å². The molecule has 0 amide bonds. The Kier molecular flexibility index (Phi) is 2.23. The fourth-order valence-corrected chi connectivity index (χ4v) is 1.41. The molecule has 1 aromatic heterocycles. The third kappa shape index (κ3) is 1.48. The van der Waals surface area contributed by atoms with Crippen LogP contribution in [0, 0.1) is 0 Å². The molecule has 0 aliphatic heterocycles. The van der Waals surface area contributed by atoms with Crippen LogP contribution in [0.5, 0.6) is 5.75 Å². The molecule has 2 aromatic rings. The van der Waals surface area contributed by atoms with Crippen LogP contribution < -0.4 is 10.2 Å². The number of fused-ring (bicyclic) bond motifs is 1. The molecule has 2 rings (SSSR count). The highest BCUT2D eigenvalue weighted by Gasteiger charge is 1.99. The van der Waals surface area contributed by atoms with Crippen molar-refractivity contribution in [3.8, 4) is 5.75 Å². The zero-order valence-corrected chi connectivity index (χ0v) is 7.91. The maximum atomic E-state index is 11.5. The van der Waals surface area contributed by atoms with Crippen LogP contribution in [0.1, 0.15) is 6.92 Å². The summed E-state index contributed by atoms with van der Waals surface area (Å²) in [5.41, 5.74) is 0.848. The Morgan fingerprint density at radius 1 is 1.36 bits per heavy atom. The van der Waals surface area contributed by atoms with Gasteiger partial charge in [-0.15, -0.1) is 0 Å². The second kappa shape index (κ2) is 3.54. The number of H-pyrrole nitrogens is 1. The summed E-state index contributed by atoms with van der Waals surface area (Å²) in [7, 11) is 0. The lowest BCUT2D eigenvalue weighted by Gasteiger charge is -2.03. The van der Waals surface area contributed by atoms with Crippen molar-refractivity contribution in [2.24, 2.45) is 0 Å². The van der Waals surface area contributed by atoms with E-state index < -0.39 is 0 Å². The van der Waals surface area contributed by atoms with Crippen molar-refractivity contribution in [1.29, 1.82) is 0 Å². The molecule has 1 aromatic carbocycles. The molecule has 0 radical (unpaired) electrons. The Balaban J connectivity index is 2.64. The van der Waals surface area contributed by atoms with Gasteiger partial charge in [-0.25, -0.2) is 0 Å². The molecule has 3 nitrogen and oxygen atoms in total. The lowest BCUT2D eigenvalue weighted by Crippen LogP contribution is -2.00. The molecule has 0 saturated heterocycles. The maximum absolute atomic E-state index is 11.5. The van der Waals surface area contributed by atoms with Crippen LogP contribution in [0.2, 0.25) is 0 Å². The Labute approximate surface area is 81.3 Å². The Hall–Kier alpha value is -1.77. The van der Waals surface area contributed by atoms with E-state index >= 15 is 0 Å². The van der Waals surface area contributed by atoms with E-state index in [1.165, 1.54) is 6.07 Å². The number of aromatic nitrogens is 1. The molecule has 14 heavy (non-hydrogen) atoms. The highest BCUT2D eigenvalue weighted by Crippen LogP contribution is 2.16. The molecule has 0 atom stereocenters. The van der Waals surface area contributed by atoms with Gasteiger partial charge < -0.3 is 9.72 Å². The number of aromatic amines is 1. The first-order valence-electron chi connectivity index (χ1n) is 4.55. The van der Waals surface area contributed by atoms with E-state index in [4.69, 9.17) is 4.74 Å². The standard InChI is InChI=1S/C11H11NO2/c1-2-14-8-3-4-10-9(7-8)11(13)5-6-12-10/h3-7H,2H2,1H3,(H,12,13). The Bertz CT molecular complexity index is 502. The summed E-state index contributed by atoms with van der Waals surface area (Å²) in [5, 5.41) is 0.665. The largest absolute Gasteiger partial charge is 0.494 e. The maximum Gasteiger partial charge on any atom is 0.189 e. The Morgan fingerprint density at radius 3 is 3.00 bits per heavy atom. The molecule has 1 N–H and O–H groups in total. The van der Waals surface area contributed by atoms with Crippen molar-refractivity contribution in [2.45, 2.75) is 6.92 Å². The van der Waals surface area contributed by atoms with Gasteiger partial charge in [0.25, 0.3) is 0 Å². The van der Waals surface area contributed by atoms with E-state index in [1.807, 2.05) is 19.1 Å². The van der Waals surface area contributed by atoms with Gasteiger partial charge in [0, 0.05) is 23.2 Å². The van der Waals surface area contributed by atoms with Crippen LogP contribution in [0.25, 0.3) is 10.9 Å². The number of ether oxygens (including phenoxy) is 1. The second-order valence-corrected chi connectivity index (χ2v) is 2.98.